The molecule has 0 aromatic heterocycles. The van der Waals surface area contributed by atoms with Gasteiger partial charge in [0.2, 0.25) is 0 Å². The first-order valence-electron chi connectivity index (χ1n) is 10.5. The molecule has 0 radical (unpaired) electrons. The van der Waals surface area contributed by atoms with E-state index in [1.807, 2.05) is 24.3 Å². The van der Waals surface area contributed by atoms with Crippen molar-refractivity contribution in [2.45, 2.75) is 20.8 Å². The van der Waals surface area contributed by atoms with Crippen molar-refractivity contribution in [3.63, 3.8) is 0 Å². The number of hydrogen-bond donors (Lipinski definition) is 0. The van der Waals surface area contributed by atoms with Gasteiger partial charge < -0.3 is 4.90 Å². The van der Waals surface area contributed by atoms with Crippen LogP contribution in [0.4, 0.5) is 0 Å². The van der Waals surface area contributed by atoms with Gasteiger partial charge in [0.15, 0.2) is 5.78 Å². The number of carbonyl (C=O) groups is 1. The summed E-state index contributed by atoms with van der Waals surface area (Å²) in [5.74, 6) is 0.539. The van der Waals surface area contributed by atoms with Crippen LogP contribution >= 0.6 is 0 Å². The lowest BCUT2D eigenvalue weighted by atomic mass is 9.87. The Morgan fingerprint density at radius 3 is 2.00 bits per heavy atom. The first-order valence-corrected chi connectivity index (χ1v) is 10.5. The van der Waals surface area contributed by atoms with E-state index < -0.39 is 0 Å². The second kappa shape index (κ2) is 8.54. The molecule has 4 rings (SSSR count). The molecule has 0 atom stereocenters. The Hall–Kier alpha value is -3.39. The molecule has 30 heavy (non-hydrogen) atoms. The number of benzene rings is 2. The maximum Gasteiger partial charge on any atom is 0.186 e. The van der Waals surface area contributed by atoms with Crippen molar-refractivity contribution in [3.8, 4) is 0 Å². The molecule has 0 amide bonds. The van der Waals surface area contributed by atoms with Gasteiger partial charge in [-0.25, -0.2) is 0 Å². The first kappa shape index (κ1) is 19.9. The van der Waals surface area contributed by atoms with Gasteiger partial charge in [-0.05, 0) is 47.3 Å². The average molecular weight is 394 g/mol. The number of nitrogens with zero attached hydrogens (tertiary/aromatic N) is 1. The molecule has 1 heterocycles. The maximum absolute atomic E-state index is 12.7. The fourth-order valence-corrected chi connectivity index (χ4v) is 4.11. The van der Waals surface area contributed by atoms with Crippen LogP contribution in [0.3, 0.4) is 0 Å². The van der Waals surface area contributed by atoms with Gasteiger partial charge in [0.1, 0.15) is 0 Å². The van der Waals surface area contributed by atoms with Crippen LogP contribution in [0.15, 0.2) is 108 Å². The minimum Gasteiger partial charge on any atom is -0.340 e. The molecule has 0 N–H and O–H groups in total. The van der Waals surface area contributed by atoms with Gasteiger partial charge in [-0.15, -0.1) is 0 Å². The van der Waals surface area contributed by atoms with E-state index in [0.29, 0.717) is 5.92 Å². The van der Waals surface area contributed by atoms with Crippen molar-refractivity contribution < 1.29 is 4.79 Å². The summed E-state index contributed by atoms with van der Waals surface area (Å²) < 4.78 is 0. The predicted octanol–water partition coefficient (Wildman–Crippen LogP) is 6.42. The molecule has 2 aliphatic rings. The summed E-state index contributed by atoms with van der Waals surface area (Å²) in [5, 5.41) is 0. The van der Waals surface area contributed by atoms with Crippen molar-refractivity contribution in [2.24, 2.45) is 5.92 Å². The van der Waals surface area contributed by atoms with E-state index in [2.05, 4.69) is 80.3 Å². The Morgan fingerprint density at radius 1 is 0.800 bits per heavy atom. The second-order valence-electron chi connectivity index (χ2n) is 8.15. The van der Waals surface area contributed by atoms with Crippen LogP contribution in [0.2, 0.25) is 0 Å². The topological polar surface area (TPSA) is 20.3 Å². The number of carbonyl (C=O) groups excluding carboxylic acids is 1. The van der Waals surface area contributed by atoms with E-state index in [9.17, 15) is 4.79 Å². The minimum atomic E-state index is 0.0558. The summed E-state index contributed by atoms with van der Waals surface area (Å²) >= 11 is 0. The van der Waals surface area contributed by atoms with Crippen LogP contribution in [0.1, 0.15) is 31.9 Å². The zero-order valence-corrected chi connectivity index (χ0v) is 17.8. The fourth-order valence-electron chi connectivity index (χ4n) is 4.11. The molecule has 0 bridgehead atoms. The monoisotopic (exact) mass is 393 g/mol. The van der Waals surface area contributed by atoms with Crippen molar-refractivity contribution in [1.29, 1.82) is 0 Å². The lowest BCUT2D eigenvalue weighted by Gasteiger charge is -2.37. The summed E-state index contributed by atoms with van der Waals surface area (Å²) in [4.78, 5) is 15.1. The number of allylic oxidation sites excluding steroid dienone is 8. The van der Waals surface area contributed by atoms with Crippen molar-refractivity contribution in [1.82, 2.24) is 4.90 Å². The van der Waals surface area contributed by atoms with E-state index in [1.54, 1.807) is 12.2 Å². The maximum atomic E-state index is 12.7. The van der Waals surface area contributed by atoms with Crippen molar-refractivity contribution >= 4 is 17.2 Å². The minimum absolute atomic E-state index is 0.0558. The van der Waals surface area contributed by atoms with Gasteiger partial charge in [-0.2, -0.15) is 0 Å². The molecule has 2 heteroatoms. The SMILES string of the molecule is CC1=C(c2ccccc2)N(CC(C)C)C(c2ccccc2)=CC1=C1C=CC=CC1=O. The van der Waals surface area contributed by atoms with E-state index in [0.717, 1.165) is 40.1 Å². The molecule has 0 unspecified atom stereocenters. The van der Waals surface area contributed by atoms with Gasteiger partial charge in [0.05, 0.1) is 5.70 Å². The van der Waals surface area contributed by atoms with Gasteiger partial charge in [-0.3, -0.25) is 4.79 Å². The summed E-state index contributed by atoms with van der Waals surface area (Å²) in [7, 11) is 0. The van der Waals surface area contributed by atoms with E-state index >= 15 is 0 Å². The number of ketones is 1. The quantitative estimate of drug-likeness (QED) is 0.559. The molecule has 0 saturated heterocycles. The van der Waals surface area contributed by atoms with Crippen molar-refractivity contribution in [2.75, 3.05) is 6.54 Å². The highest BCUT2D eigenvalue weighted by Gasteiger charge is 2.28. The van der Waals surface area contributed by atoms with Crippen LogP contribution < -0.4 is 0 Å². The normalized spacial score (nSPS) is 19.0. The van der Waals surface area contributed by atoms with E-state index in [-0.39, 0.29) is 5.78 Å². The molecule has 2 nitrogen and oxygen atoms in total. The lowest BCUT2D eigenvalue weighted by Crippen LogP contribution is -2.29. The zero-order valence-electron chi connectivity index (χ0n) is 17.8. The molecule has 2 aromatic rings. The number of rotatable bonds is 4. The Balaban J connectivity index is 2.00. The standard InChI is InChI=1S/C28H27NO/c1-20(2)19-29-26(22-12-6-4-7-13-22)18-25(24-16-10-11-17-27(24)30)21(3)28(29)23-14-8-5-9-15-23/h4-18,20H,19H2,1-3H3. The second-order valence-corrected chi connectivity index (χ2v) is 8.15. The summed E-state index contributed by atoms with van der Waals surface area (Å²) in [5.41, 5.74) is 7.50. The summed E-state index contributed by atoms with van der Waals surface area (Å²) in [6.07, 6.45) is 9.51. The molecular weight excluding hydrogens is 366 g/mol. The zero-order chi connectivity index (χ0) is 21.1. The summed E-state index contributed by atoms with van der Waals surface area (Å²) in [6, 6.07) is 21.0. The fraction of sp³-hybridized carbons (Fsp3) is 0.179. The molecule has 0 spiro atoms. The Morgan fingerprint density at radius 2 is 1.40 bits per heavy atom. The third kappa shape index (κ3) is 3.86. The molecule has 2 aromatic carbocycles. The highest BCUT2D eigenvalue weighted by atomic mass is 16.1. The van der Waals surface area contributed by atoms with Crippen LogP contribution in [0.25, 0.3) is 11.4 Å². The Bertz CT molecular complexity index is 1100. The molecular formula is C28H27NO. The van der Waals surface area contributed by atoms with Crippen LogP contribution in [0.5, 0.6) is 0 Å². The van der Waals surface area contributed by atoms with Crippen LogP contribution in [0, 0.1) is 5.92 Å². The highest BCUT2D eigenvalue weighted by Crippen LogP contribution is 2.41. The molecule has 150 valence electrons. The third-order valence-electron chi connectivity index (χ3n) is 5.44. The van der Waals surface area contributed by atoms with E-state index in [1.165, 1.54) is 5.70 Å². The molecule has 1 aliphatic heterocycles. The summed E-state index contributed by atoms with van der Waals surface area (Å²) in [6.45, 7) is 7.52. The van der Waals surface area contributed by atoms with Crippen molar-refractivity contribution in [3.05, 3.63) is 119 Å². The van der Waals surface area contributed by atoms with E-state index in [4.69, 9.17) is 0 Å². The van der Waals surface area contributed by atoms with Crippen LogP contribution in [-0.4, -0.2) is 17.2 Å². The van der Waals surface area contributed by atoms with Gasteiger partial charge in [-0.1, -0.05) is 92.7 Å². The molecule has 1 aliphatic carbocycles. The Labute approximate surface area is 179 Å². The largest absolute Gasteiger partial charge is 0.340 e. The van der Waals surface area contributed by atoms with Gasteiger partial charge >= 0.3 is 0 Å². The third-order valence-corrected chi connectivity index (χ3v) is 5.44. The van der Waals surface area contributed by atoms with Gasteiger partial charge in [0, 0.05) is 17.8 Å². The molecule has 0 saturated carbocycles. The smallest absolute Gasteiger partial charge is 0.186 e. The van der Waals surface area contributed by atoms with Crippen LogP contribution in [-0.2, 0) is 4.79 Å². The first-order chi connectivity index (χ1) is 14.6. The molecule has 0 fully saturated rings. The Kier molecular flexibility index (Phi) is 5.67. The van der Waals surface area contributed by atoms with Gasteiger partial charge in [0.25, 0.3) is 0 Å². The lowest BCUT2D eigenvalue weighted by molar-refractivity contribution is -0.111. The highest BCUT2D eigenvalue weighted by molar-refractivity contribution is 6.09. The predicted molar refractivity (Wildman–Crippen MR) is 125 cm³/mol. The number of hydrogen-bond acceptors (Lipinski definition) is 2. The average Bonchev–Trinajstić information content (AvgIpc) is 2.76.